The van der Waals surface area contributed by atoms with Crippen molar-refractivity contribution in [3.8, 4) is 0 Å². The summed E-state index contributed by atoms with van der Waals surface area (Å²) < 4.78 is 16.3. The number of hydrogen-bond acceptors (Lipinski definition) is 6. The van der Waals surface area contributed by atoms with Crippen LogP contribution in [0.5, 0.6) is 0 Å². The van der Waals surface area contributed by atoms with Crippen molar-refractivity contribution >= 4 is 14.6 Å². The van der Waals surface area contributed by atoms with Gasteiger partial charge in [-0.05, 0) is 39.9 Å². The number of esters is 1. The molecule has 0 fully saturated rings. The molecule has 0 aromatic heterocycles. The van der Waals surface area contributed by atoms with Crippen LogP contribution in [-0.4, -0.2) is 55.7 Å². The summed E-state index contributed by atoms with van der Waals surface area (Å²) in [6.07, 6.45) is 24.5. The minimum Gasteiger partial charge on any atom is -0.460 e. The summed E-state index contributed by atoms with van der Waals surface area (Å²) in [6.45, 7) is 5.63. The van der Waals surface area contributed by atoms with Crippen LogP contribution in [0.1, 0.15) is 142 Å². The van der Waals surface area contributed by atoms with E-state index in [1.165, 1.54) is 96.3 Å². The number of ether oxygens (including phenoxy) is 1. The quantitative estimate of drug-likeness (QED) is 0.0617. The summed E-state index contributed by atoms with van der Waals surface area (Å²) in [6, 6.07) is 0. The molecule has 0 radical (unpaired) electrons. The molecule has 0 aliphatic heterocycles. The molecule has 0 saturated carbocycles. The molecule has 0 bridgehead atoms. The van der Waals surface area contributed by atoms with Crippen molar-refractivity contribution in [1.82, 2.24) is 4.90 Å². The molecule has 0 aromatic rings. The van der Waals surface area contributed by atoms with Gasteiger partial charge in [-0.25, -0.2) is 0 Å². The van der Waals surface area contributed by atoms with E-state index in [1.54, 1.807) is 6.92 Å². The van der Waals surface area contributed by atoms with E-state index in [4.69, 9.17) is 13.8 Å². The van der Waals surface area contributed by atoms with Crippen LogP contribution in [-0.2, 0) is 18.6 Å². The first-order valence-electron chi connectivity index (χ1n) is 15.1. The molecule has 1 N–H and O–H groups in total. The fourth-order valence-electron chi connectivity index (χ4n) is 4.25. The van der Waals surface area contributed by atoms with Gasteiger partial charge in [-0.15, -0.1) is 0 Å². The zero-order valence-electron chi connectivity index (χ0n) is 24.3. The Kier molecular flexibility index (Phi) is 27.6. The van der Waals surface area contributed by atoms with Crippen LogP contribution < -0.4 is 0 Å². The van der Waals surface area contributed by atoms with Gasteiger partial charge in [0.1, 0.15) is 6.10 Å². The van der Waals surface area contributed by atoms with E-state index in [1.807, 2.05) is 14.1 Å². The summed E-state index contributed by atoms with van der Waals surface area (Å²) in [5, 5.41) is 0. The smallest absolute Gasteiger partial charge is 0.329 e. The van der Waals surface area contributed by atoms with E-state index in [0.29, 0.717) is 13.0 Å². The maximum absolute atomic E-state index is 11.8. The van der Waals surface area contributed by atoms with Crippen molar-refractivity contribution in [3.05, 3.63) is 0 Å². The third kappa shape index (κ3) is 26.8. The van der Waals surface area contributed by atoms with Crippen LogP contribution in [0.15, 0.2) is 0 Å². The predicted octanol–water partition coefficient (Wildman–Crippen LogP) is 8.55. The molecule has 2 atom stereocenters. The van der Waals surface area contributed by atoms with Gasteiger partial charge in [0.25, 0.3) is 0 Å². The summed E-state index contributed by atoms with van der Waals surface area (Å²) in [5.74, 6) is -0.218. The van der Waals surface area contributed by atoms with Gasteiger partial charge in [0.2, 0.25) is 0 Å². The number of unbranched alkanes of at least 4 members (excludes halogenated alkanes) is 16. The van der Waals surface area contributed by atoms with Crippen LogP contribution in [0.4, 0.5) is 0 Å². The van der Waals surface area contributed by atoms with Crippen molar-refractivity contribution in [3.63, 3.8) is 0 Å². The van der Waals surface area contributed by atoms with Gasteiger partial charge in [0.05, 0.1) is 13.2 Å². The van der Waals surface area contributed by atoms with Crippen molar-refractivity contribution in [2.75, 3.05) is 33.9 Å². The second-order valence-electron chi connectivity index (χ2n) is 10.4. The molecular formula is C29H60NO5P. The highest BCUT2D eigenvalue weighted by molar-refractivity contribution is 7.40. The normalized spacial score (nSPS) is 13.3. The van der Waals surface area contributed by atoms with Gasteiger partial charge in [-0.2, -0.15) is 0 Å². The summed E-state index contributed by atoms with van der Waals surface area (Å²) in [4.78, 5) is 23.8. The molecule has 36 heavy (non-hydrogen) atoms. The molecule has 7 heteroatoms. The highest BCUT2D eigenvalue weighted by Gasteiger charge is 2.17. The number of hydrogen-bond donors (Lipinski definition) is 1. The lowest BCUT2D eigenvalue weighted by molar-refractivity contribution is -0.150. The molecule has 216 valence electrons. The van der Waals surface area contributed by atoms with Gasteiger partial charge in [-0.3, -0.25) is 4.79 Å². The fourth-order valence-corrected chi connectivity index (χ4v) is 4.90. The Labute approximate surface area is 225 Å². The minimum absolute atomic E-state index is 0.195. The molecule has 0 amide bonds. The number of rotatable bonds is 28. The number of carbonyl (C=O) groups is 1. The van der Waals surface area contributed by atoms with Crippen LogP contribution in [0.3, 0.4) is 0 Å². The van der Waals surface area contributed by atoms with Gasteiger partial charge in [0.15, 0.2) is 0 Å². The second kappa shape index (κ2) is 27.8. The molecule has 0 heterocycles. The molecule has 6 nitrogen and oxygen atoms in total. The summed E-state index contributed by atoms with van der Waals surface area (Å²) >= 11 is 0. The molecule has 0 aromatic carbocycles. The highest BCUT2D eigenvalue weighted by Crippen LogP contribution is 2.33. The van der Waals surface area contributed by atoms with E-state index in [-0.39, 0.29) is 18.7 Å². The van der Waals surface area contributed by atoms with Crippen LogP contribution in [0.25, 0.3) is 0 Å². The van der Waals surface area contributed by atoms with E-state index < -0.39 is 8.60 Å². The maximum atomic E-state index is 11.8. The third-order valence-electron chi connectivity index (χ3n) is 6.54. The Morgan fingerprint density at radius 1 is 0.722 bits per heavy atom. The average molecular weight is 534 g/mol. The van der Waals surface area contributed by atoms with Gasteiger partial charge in [-0.1, -0.05) is 117 Å². The fraction of sp³-hybridized carbons (Fsp3) is 0.966. The summed E-state index contributed by atoms with van der Waals surface area (Å²) in [7, 11) is 2.09. The largest absolute Gasteiger partial charge is 0.460 e. The van der Waals surface area contributed by atoms with Gasteiger partial charge in [0, 0.05) is 6.42 Å². The van der Waals surface area contributed by atoms with E-state index in [0.717, 1.165) is 32.2 Å². The van der Waals surface area contributed by atoms with E-state index in [2.05, 4.69) is 11.8 Å². The lowest BCUT2D eigenvalue weighted by Gasteiger charge is -2.19. The van der Waals surface area contributed by atoms with Crippen molar-refractivity contribution in [1.29, 1.82) is 0 Å². The maximum Gasteiger partial charge on any atom is 0.329 e. The third-order valence-corrected chi connectivity index (χ3v) is 7.31. The van der Waals surface area contributed by atoms with Crippen LogP contribution in [0, 0.1) is 0 Å². The Morgan fingerprint density at radius 2 is 1.19 bits per heavy atom. The Hall–Kier alpha value is -0.260. The second-order valence-corrected chi connectivity index (χ2v) is 11.4. The van der Waals surface area contributed by atoms with Gasteiger partial charge >= 0.3 is 14.6 Å². The van der Waals surface area contributed by atoms with Crippen molar-refractivity contribution in [2.24, 2.45) is 0 Å². The topological polar surface area (TPSA) is 68.2 Å². The SMILES string of the molecule is CCCCCCCCCCCCCCCCCCCC(COP(O)OCCCN(C)C)OC(=O)CC. The van der Waals surface area contributed by atoms with Crippen LogP contribution in [0.2, 0.25) is 0 Å². The predicted molar refractivity (Wildman–Crippen MR) is 153 cm³/mol. The summed E-state index contributed by atoms with van der Waals surface area (Å²) in [5.41, 5.74) is 0. The highest BCUT2D eigenvalue weighted by atomic mass is 31.2. The standard InChI is InChI=1S/C29H60NO5P/c1-5-7-8-9-10-11-12-13-14-15-16-17-18-19-20-21-22-24-28(35-29(31)6-2)27-34-36(32)33-26-23-25-30(3)4/h28,32H,5-27H2,1-4H3. The zero-order chi connectivity index (χ0) is 26.7. The molecular weight excluding hydrogens is 473 g/mol. The molecule has 0 aliphatic rings. The van der Waals surface area contributed by atoms with Crippen molar-refractivity contribution in [2.45, 2.75) is 148 Å². The lowest BCUT2D eigenvalue weighted by atomic mass is 10.0. The number of carbonyl (C=O) groups excluding carboxylic acids is 1. The molecule has 0 aliphatic carbocycles. The van der Waals surface area contributed by atoms with E-state index >= 15 is 0 Å². The number of nitrogens with zero attached hydrogens (tertiary/aromatic N) is 1. The van der Waals surface area contributed by atoms with Crippen LogP contribution >= 0.6 is 8.60 Å². The first-order chi connectivity index (χ1) is 17.5. The van der Waals surface area contributed by atoms with E-state index in [9.17, 15) is 9.69 Å². The first kappa shape index (κ1) is 35.7. The Morgan fingerprint density at radius 3 is 1.64 bits per heavy atom. The molecule has 0 rings (SSSR count). The Balaban J connectivity index is 3.67. The molecule has 2 unspecified atom stereocenters. The zero-order valence-corrected chi connectivity index (χ0v) is 25.2. The van der Waals surface area contributed by atoms with Gasteiger partial charge < -0.3 is 23.6 Å². The average Bonchev–Trinajstić information content (AvgIpc) is 2.86. The Bertz CT molecular complexity index is 467. The molecule has 0 saturated heterocycles. The van der Waals surface area contributed by atoms with Crippen molar-refractivity contribution < 1.29 is 23.5 Å². The first-order valence-corrected chi connectivity index (χ1v) is 16.2. The minimum atomic E-state index is -1.92. The lowest BCUT2D eigenvalue weighted by Crippen LogP contribution is -2.22. The molecule has 0 spiro atoms. The monoisotopic (exact) mass is 533 g/mol.